The first-order valence-electron chi connectivity index (χ1n) is 7.74. The van der Waals surface area contributed by atoms with Crippen molar-refractivity contribution in [3.05, 3.63) is 24.3 Å². The number of hydrogen-bond acceptors (Lipinski definition) is 3. The zero-order valence-electron chi connectivity index (χ0n) is 13.6. The maximum absolute atomic E-state index is 12.4. The van der Waals surface area contributed by atoms with Crippen LogP contribution >= 0.6 is 0 Å². The van der Waals surface area contributed by atoms with Gasteiger partial charge in [-0.15, -0.1) is 0 Å². The Labute approximate surface area is 127 Å². The number of hydrogen-bond donors (Lipinski definition) is 1. The number of carbonyl (C=O) groups is 1. The van der Waals surface area contributed by atoms with Crippen molar-refractivity contribution < 1.29 is 14.3 Å². The van der Waals surface area contributed by atoms with Crippen molar-refractivity contribution in [3.8, 4) is 5.75 Å². The van der Waals surface area contributed by atoms with Gasteiger partial charge in [-0.3, -0.25) is 4.79 Å². The molecule has 4 nitrogen and oxygen atoms in total. The molecule has 0 radical (unpaired) electrons. The van der Waals surface area contributed by atoms with E-state index in [1.165, 1.54) is 0 Å². The Kier molecular flexibility index (Phi) is 7.23. The molecule has 0 saturated carbocycles. The molecule has 118 valence electrons. The average molecular weight is 293 g/mol. The molecule has 0 heterocycles. The lowest BCUT2D eigenvalue weighted by molar-refractivity contribution is -0.139. The fourth-order valence-electron chi connectivity index (χ4n) is 1.77. The zero-order chi connectivity index (χ0) is 15.7. The Morgan fingerprint density at radius 2 is 1.71 bits per heavy atom. The van der Waals surface area contributed by atoms with Crippen molar-refractivity contribution in [2.24, 2.45) is 0 Å². The highest BCUT2D eigenvalue weighted by Crippen LogP contribution is 2.21. The molecule has 1 atom stereocenters. The first-order valence-corrected chi connectivity index (χ1v) is 7.74. The Bertz CT molecular complexity index is 430. The third kappa shape index (κ3) is 5.38. The van der Waals surface area contributed by atoms with Gasteiger partial charge < -0.3 is 14.8 Å². The highest BCUT2D eigenvalue weighted by Gasteiger charge is 2.32. The van der Waals surface area contributed by atoms with Crippen LogP contribution in [0.3, 0.4) is 0 Å². The van der Waals surface area contributed by atoms with Gasteiger partial charge in [-0.1, -0.05) is 20.8 Å². The molecule has 0 aromatic heterocycles. The number of ether oxygens (including phenoxy) is 2. The predicted molar refractivity (Wildman–Crippen MR) is 85.8 cm³/mol. The molecule has 0 unspecified atom stereocenters. The van der Waals surface area contributed by atoms with Gasteiger partial charge in [0.05, 0.1) is 6.61 Å². The van der Waals surface area contributed by atoms with E-state index < -0.39 is 5.60 Å². The Balaban J connectivity index is 2.64. The minimum Gasteiger partial charge on any atom is -0.494 e. The van der Waals surface area contributed by atoms with Gasteiger partial charge in [0, 0.05) is 12.3 Å². The zero-order valence-corrected chi connectivity index (χ0v) is 13.6. The van der Waals surface area contributed by atoms with E-state index in [2.05, 4.69) is 12.2 Å². The Hall–Kier alpha value is -1.55. The van der Waals surface area contributed by atoms with Crippen LogP contribution in [0, 0.1) is 0 Å². The van der Waals surface area contributed by atoms with Crippen LogP contribution in [-0.2, 0) is 9.53 Å². The SMILES string of the molecule is CCCOc1ccc(NC(=O)[C@@](C)(CC)OCCC)cc1. The Morgan fingerprint density at radius 1 is 1.10 bits per heavy atom. The summed E-state index contributed by atoms with van der Waals surface area (Å²) < 4.78 is 11.2. The molecule has 1 N–H and O–H groups in total. The number of amides is 1. The number of rotatable bonds is 9. The molecule has 0 aliphatic rings. The first-order chi connectivity index (χ1) is 10.1. The maximum atomic E-state index is 12.4. The van der Waals surface area contributed by atoms with Crippen molar-refractivity contribution in [2.75, 3.05) is 18.5 Å². The van der Waals surface area contributed by atoms with Crippen LogP contribution in [0.25, 0.3) is 0 Å². The molecule has 21 heavy (non-hydrogen) atoms. The molecule has 1 aromatic carbocycles. The summed E-state index contributed by atoms with van der Waals surface area (Å²) in [7, 11) is 0. The number of anilines is 1. The van der Waals surface area contributed by atoms with Gasteiger partial charge in [-0.25, -0.2) is 0 Å². The molecule has 0 spiro atoms. The van der Waals surface area contributed by atoms with Crippen LogP contribution in [0.2, 0.25) is 0 Å². The molecule has 0 fully saturated rings. The van der Waals surface area contributed by atoms with Crippen LogP contribution in [0.1, 0.15) is 47.0 Å². The average Bonchev–Trinajstić information content (AvgIpc) is 2.51. The summed E-state index contributed by atoms with van der Waals surface area (Å²) in [6, 6.07) is 7.42. The molecular formula is C17H27NO3. The van der Waals surface area contributed by atoms with Crippen molar-refractivity contribution in [2.45, 2.75) is 52.6 Å². The monoisotopic (exact) mass is 293 g/mol. The van der Waals surface area contributed by atoms with E-state index in [-0.39, 0.29) is 5.91 Å². The lowest BCUT2D eigenvalue weighted by Crippen LogP contribution is -2.42. The fourth-order valence-corrected chi connectivity index (χ4v) is 1.77. The minimum absolute atomic E-state index is 0.110. The lowest BCUT2D eigenvalue weighted by atomic mass is 10.0. The standard InChI is InChI=1S/C17H27NO3/c1-5-12-20-15-10-8-14(9-11-15)18-16(19)17(4,7-3)21-13-6-2/h8-11H,5-7,12-13H2,1-4H3,(H,18,19)/t17-/m1/s1. The van der Waals surface area contributed by atoms with Crippen LogP contribution in [0.5, 0.6) is 5.75 Å². The van der Waals surface area contributed by atoms with Crippen LogP contribution < -0.4 is 10.1 Å². The summed E-state index contributed by atoms with van der Waals surface area (Å²) in [4.78, 5) is 12.4. The Morgan fingerprint density at radius 3 is 2.24 bits per heavy atom. The second-order valence-corrected chi connectivity index (χ2v) is 5.26. The smallest absolute Gasteiger partial charge is 0.256 e. The molecular weight excluding hydrogens is 266 g/mol. The van der Waals surface area contributed by atoms with Crippen molar-refractivity contribution in [3.63, 3.8) is 0 Å². The molecule has 1 aromatic rings. The molecule has 0 saturated heterocycles. The van der Waals surface area contributed by atoms with Gasteiger partial charge >= 0.3 is 0 Å². The van der Waals surface area contributed by atoms with Crippen molar-refractivity contribution >= 4 is 11.6 Å². The largest absolute Gasteiger partial charge is 0.494 e. The maximum Gasteiger partial charge on any atom is 0.256 e. The number of carbonyl (C=O) groups excluding carboxylic acids is 1. The van der Waals surface area contributed by atoms with Crippen LogP contribution in [0.4, 0.5) is 5.69 Å². The lowest BCUT2D eigenvalue weighted by Gasteiger charge is -2.27. The summed E-state index contributed by atoms with van der Waals surface area (Å²) in [6.07, 6.45) is 2.50. The van der Waals surface area contributed by atoms with Crippen LogP contribution in [0.15, 0.2) is 24.3 Å². The second kappa shape index (κ2) is 8.67. The first kappa shape index (κ1) is 17.5. The molecule has 0 aliphatic carbocycles. The van der Waals surface area contributed by atoms with E-state index >= 15 is 0 Å². The van der Waals surface area contributed by atoms with Gasteiger partial charge in [0.25, 0.3) is 5.91 Å². The number of benzene rings is 1. The van der Waals surface area contributed by atoms with E-state index in [4.69, 9.17) is 9.47 Å². The van der Waals surface area contributed by atoms with Gasteiger partial charge in [0.1, 0.15) is 11.4 Å². The fraction of sp³-hybridized carbons (Fsp3) is 0.588. The quantitative estimate of drug-likeness (QED) is 0.748. The van der Waals surface area contributed by atoms with Crippen LogP contribution in [-0.4, -0.2) is 24.7 Å². The molecule has 4 heteroatoms. The van der Waals surface area contributed by atoms with Gasteiger partial charge in [0.15, 0.2) is 0 Å². The van der Waals surface area contributed by atoms with E-state index in [0.29, 0.717) is 19.6 Å². The van der Waals surface area contributed by atoms with E-state index in [1.54, 1.807) is 0 Å². The minimum atomic E-state index is -0.784. The van der Waals surface area contributed by atoms with E-state index in [9.17, 15) is 4.79 Å². The summed E-state index contributed by atoms with van der Waals surface area (Å²) in [5, 5.41) is 2.91. The molecule has 1 amide bonds. The van der Waals surface area contributed by atoms with E-state index in [0.717, 1.165) is 24.3 Å². The molecule has 1 rings (SSSR count). The van der Waals surface area contributed by atoms with Crippen molar-refractivity contribution in [1.82, 2.24) is 0 Å². The predicted octanol–water partition coefficient (Wildman–Crippen LogP) is 4.01. The van der Waals surface area contributed by atoms with E-state index in [1.807, 2.05) is 45.0 Å². The van der Waals surface area contributed by atoms with Gasteiger partial charge in [0.2, 0.25) is 0 Å². The summed E-state index contributed by atoms with van der Waals surface area (Å²) in [5.74, 6) is 0.705. The topological polar surface area (TPSA) is 47.6 Å². The molecule has 0 bridgehead atoms. The third-order valence-corrected chi connectivity index (χ3v) is 3.36. The number of nitrogens with one attached hydrogen (secondary N) is 1. The highest BCUT2D eigenvalue weighted by molar-refractivity contribution is 5.97. The highest BCUT2D eigenvalue weighted by atomic mass is 16.5. The van der Waals surface area contributed by atoms with Gasteiger partial charge in [-0.05, 0) is 50.5 Å². The normalized spacial score (nSPS) is 13.5. The molecule has 0 aliphatic heterocycles. The third-order valence-electron chi connectivity index (χ3n) is 3.36. The summed E-state index contributed by atoms with van der Waals surface area (Å²) >= 11 is 0. The van der Waals surface area contributed by atoms with Gasteiger partial charge in [-0.2, -0.15) is 0 Å². The van der Waals surface area contributed by atoms with Crippen molar-refractivity contribution in [1.29, 1.82) is 0 Å². The summed E-state index contributed by atoms with van der Waals surface area (Å²) in [6.45, 7) is 9.17. The second-order valence-electron chi connectivity index (χ2n) is 5.26. The summed E-state index contributed by atoms with van der Waals surface area (Å²) in [5.41, 5.74) is -0.0310.